The zero-order valence-corrected chi connectivity index (χ0v) is 13.9. The number of rotatable bonds is 3. The molecule has 3 rings (SSSR count). The van der Waals surface area contributed by atoms with E-state index in [2.05, 4.69) is 6.92 Å². The predicted molar refractivity (Wildman–Crippen MR) is 89.6 cm³/mol. The average Bonchev–Trinajstić information content (AvgIpc) is 2.78. The third kappa shape index (κ3) is 3.92. The Hall–Kier alpha value is -1.84. The molecule has 2 heterocycles. The van der Waals surface area contributed by atoms with E-state index in [0.717, 1.165) is 31.5 Å². The number of carbonyl (C=O) groups excluding carboxylic acids is 2. The maximum atomic E-state index is 12.8. The van der Waals surface area contributed by atoms with E-state index in [1.165, 1.54) is 6.42 Å². The molecule has 0 radical (unpaired) electrons. The highest BCUT2D eigenvalue weighted by Crippen LogP contribution is 2.24. The van der Waals surface area contributed by atoms with Gasteiger partial charge in [0.05, 0.1) is 5.92 Å². The van der Waals surface area contributed by atoms with Crippen molar-refractivity contribution in [2.45, 2.75) is 39.2 Å². The minimum Gasteiger partial charge on any atom is -0.342 e. The lowest BCUT2D eigenvalue weighted by Gasteiger charge is -2.24. The van der Waals surface area contributed by atoms with Crippen LogP contribution in [-0.2, 0) is 16.1 Å². The molecule has 2 aliphatic heterocycles. The highest BCUT2D eigenvalue weighted by Gasteiger charge is 2.36. The Morgan fingerprint density at radius 1 is 1.17 bits per heavy atom. The molecule has 2 saturated heterocycles. The normalized spacial score (nSPS) is 25.5. The Bertz CT molecular complexity index is 558. The topological polar surface area (TPSA) is 40.6 Å². The molecule has 0 aliphatic carbocycles. The van der Waals surface area contributed by atoms with Crippen LogP contribution >= 0.6 is 0 Å². The van der Waals surface area contributed by atoms with Crippen LogP contribution in [0.25, 0.3) is 0 Å². The first kappa shape index (κ1) is 16.0. The van der Waals surface area contributed by atoms with E-state index in [4.69, 9.17) is 0 Å². The molecule has 0 saturated carbocycles. The Kier molecular flexibility index (Phi) is 4.99. The first-order valence-corrected chi connectivity index (χ1v) is 8.74. The molecule has 1 aromatic rings. The molecule has 0 aromatic heterocycles. The van der Waals surface area contributed by atoms with Crippen molar-refractivity contribution in [3.8, 4) is 0 Å². The van der Waals surface area contributed by atoms with Crippen molar-refractivity contribution in [3.63, 3.8) is 0 Å². The molecule has 2 amide bonds. The molecule has 2 atom stereocenters. The second kappa shape index (κ2) is 7.16. The molecule has 2 unspecified atom stereocenters. The lowest BCUT2D eigenvalue weighted by molar-refractivity contribution is -0.135. The van der Waals surface area contributed by atoms with E-state index in [-0.39, 0.29) is 17.7 Å². The summed E-state index contributed by atoms with van der Waals surface area (Å²) in [5.74, 6) is 0.839. The molecule has 124 valence electrons. The fourth-order valence-corrected chi connectivity index (χ4v) is 3.64. The molecular formula is C19H26N2O2. The number of carbonyl (C=O) groups is 2. The van der Waals surface area contributed by atoms with Crippen molar-refractivity contribution in [2.75, 3.05) is 19.6 Å². The van der Waals surface area contributed by atoms with Crippen molar-refractivity contribution in [1.82, 2.24) is 9.80 Å². The summed E-state index contributed by atoms with van der Waals surface area (Å²) in [6.07, 6.45) is 3.74. The van der Waals surface area contributed by atoms with Crippen molar-refractivity contribution >= 4 is 11.8 Å². The number of likely N-dealkylation sites (tertiary alicyclic amines) is 2. The molecule has 4 nitrogen and oxygen atoms in total. The van der Waals surface area contributed by atoms with Crippen molar-refractivity contribution in [2.24, 2.45) is 11.8 Å². The number of benzene rings is 1. The van der Waals surface area contributed by atoms with Crippen LogP contribution < -0.4 is 0 Å². The minimum absolute atomic E-state index is 0.107. The quantitative estimate of drug-likeness (QED) is 0.860. The second-order valence-corrected chi connectivity index (χ2v) is 7.02. The van der Waals surface area contributed by atoms with Gasteiger partial charge in [0.1, 0.15) is 0 Å². The molecule has 23 heavy (non-hydrogen) atoms. The molecule has 0 bridgehead atoms. The zero-order valence-electron chi connectivity index (χ0n) is 13.9. The summed E-state index contributed by atoms with van der Waals surface area (Å²) in [5, 5.41) is 0. The van der Waals surface area contributed by atoms with E-state index in [1.54, 1.807) is 0 Å². The molecule has 1 aromatic carbocycles. The summed E-state index contributed by atoms with van der Waals surface area (Å²) in [6.45, 7) is 5.14. The van der Waals surface area contributed by atoms with Gasteiger partial charge in [-0.15, -0.1) is 0 Å². The second-order valence-electron chi connectivity index (χ2n) is 7.02. The molecule has 0 N–H and O–H groups in total. The standard InChI is InChI=1S/C19H26N2O2/c1-15-6-5-10-20(11-9-15)19(23)17-12-18(22)21(14-17)13-16-7-3-2-4-8-16/h2-4,7-8,15,17H,5-6,9-14H2,1H3. The lowest BCUT2D eigenvalue weighted by Crippen LogP contribution is -2.38. The summed E-state index contributed by atoms with van der Waals surface area (Å²) in [5.41, 5.74) is 1.12. The maximum absolute atomic E-state index is 12.8. The van der Waals surface area contributed by atoms with Gasteiger partial charge < -0.3 is 9.80 Å². The Balaban J connectivity index is 1.59. The van der Waals surface area contributed by atoms with Gasteiger partial charge >= 0.3 is 0 Å². The first-order valence-electron chi connectivity index (χ1n) is 8.74. The molecule has 4 heteroatoms. The van der Waals surface area contributed by atoms with Crippen LogP contribution in [0.15, 0.2) is 30.3 Å². The van der Waals surface area contributed by atoms with Gasteiger partial charge in [-0.2, -0.15) is 0 Å². The van der Waals surface area contributed by atoms with E-state index >= 15 is 0 Å². The highest BCUT2D eigenvalue weighted by atomic mass is 16.2. The average molecular weight is 314 g/mol. The summed E-state index contributed by atoms with van der Waals surface area (Å²) < 4.78 is 0. The fraction of sp³-hybridized carbons (Fsp3) is 0.579. The summed E-state index contributed by atoms with van der Waals surface area (Å²) >= 11 is 0. The van der Waals surface area contributed by atoms with Gasteiger partial charge in [0.15, 0.2) is 0 Å². The summed E-state index contributed by atoms with van der Waals surface area (Å²) in [7, 11) is 0. The van der Waals surface area contributed by atoms with E-state index < -0.39 is 0 Å². The zero-order chi connectivity index (χ0) is 16.2. The van der Waals surface area contributed by atoms with Crippen LogP contribution in [0.2, 0.25) is 0 Å². The third-order valence-electron chi connectivity index (χ3n) is 5.11. The van der Waals surface area contributed by atoms with E-state index in [1.807, 2.05) is 40.1 Å². The van der Waals surface area contributed by atoms with Gasteiger partial charge in [0.2, 0.25) is 11.8 Å². The lowest BCUT2D eigenvalue weighted by atomic mass is 10.0. The van der Waals surface area contributed by atoms with Crippen LogP contribution in [-0.4, -0.2) is 41.2 Å². The van der Waals surface area contributed by atoms with E-state index in [0.29, 0.717) is 25.4 Å². The number of nitrogens with zero attached hydrogens (tertiary/aromatic N) is 2. The molecule has 2 fully saturated rings. The van der Waals surface area contributed by atoms with Gasteiger partial charge in [-0.3, -0.25) is 9.59 Å². The maximum Gasteiger partial charge on any atom is 0.227 e. The first-order chi connectivity index (χ1) is 11.1. The van der Waals surface area contributed by atoms with Gasteiger partial charge in [-0.05, 0) is 30.7 Å². The predicted octanol–water partition coefficient (Wildman–Crippen LogP) is 2.68. The highest BCUT2D eigenvalue weighted by molar-refractivity contribution is 5.89. The van der Waals surface area contributed by atoms with Gasteiger partial charge in [0.25, 0.3) is 0 Å². The van der Waals surface area contributed by atoms with Crippen LogP contribution in [0.4, 0.5) is 0 Å². The van der Waals surface area contributed by atoms with Crippen molar-refractivity contribution in [3.05, 3.63) is 35.9 Å². The number of hydrogen-bond donors (Lipinski definition) is 0. The molecule has 0 spiro atoms. The van der Waals surface area contributed by atoms with Gasteiger partial charge in [-0.25, -0.2) is 0 Å². The third-order valence-corrected chi connectivity index (χ3v) is 5.11. The minimum atomic E-state index is -0.153. The van der Waals surface area contributed by atoms with Crippen LogP contribution in [0.5, 0.6) is 0 Å². The molecule has 2 aliphatic rings. The Morgan fingerprint density at radius 2 is 1.96 bits per heavy atom. The number of hydrogen-bond acceptors (Lipinski definition) is 2. The van der Waals surface area contributed by atoms with Gasteiger partial charge in [0, 0.05) is 32.6 Å². The largest absolute Gasteiger partial charge is 0.342 e. The van der Waals surface area contributed by atoms with Crippen molar-refractivity contribution < 1.29 is 9.59 Å². The summed E-state index contributed by atoms with van der Waals surface area (Å²) in [4.78, 5) is 28.8. The smallest absolute Gasteiger partial charge is 0.227 e. The molecular weight excluding hydrogens is 288 g/mol. The van der Waals surface area contributed by atoms with Gasteiger partial charge in [-0.1, -0.05) is 37.3 Å². The van der Waals surface area contributed by atoms with Crippen molar-refractivity contribution in [1.29, 1.82) is 0 Å². The van der Waals surface area contributed by atoms with Crippen LogP contribution in [0.1, 0.15) is 38.2 Å². The van der Waals surface area contributed by atoms with Crippen LogP contribution in [0.3, 0.4) is 0 Å². The monoisotopic (exact) mass is 314 g/mol. The summed E-state index contributed by atoms with van der Waals surface area (Å²) in [6, 6.07) is 9.99. The van der Waals surface area contributed by atoms with Crippen LogP contribution in [0, 0.1) is 11.8 Å². The Labute approximate surface area is 138 Å². The fourth-order valence-electron chi connectivity index (χ4n) is 3.64. The SMILES string of the molecule is CC1CCCN(C(=O)C2CC(=O)N(Cc3ccccc3)C2)CC1. The van der Waals surface area contributed by atoms with E-state index in [9.17, 15) is 9.59 Å². The number of amides is 2. The Morgan fingerprint density at radius 3 is 2.74 bits per heavy atom.